The highest BCUT2D eigenvalue weighted by atomic mass is 16.6. The Balaban J connectivity index is 1.67. The van der Waals surface area contributed by atoms with E-state index < -0.39 is 42.1 Å². The molecular formula is C26H30N3O7-. The normalized spacial score (nSPS) is 17.2. The number of hydrogen-bond donors (Lipinski definition) is 2. The zero-order valence-electron chi connectivity index (χ0n) is 20.5. The van der Waals surface area contributed by atoms with Crippen LogP contribution in [0.3, 0.4) is 0 Å². The number of carbonyl (C=O) groups excluding carboxylic acids is 4. The van der Waals surface area contributed by atoms with Gasteiger partial charge >= 0.3 is 12.0 Å². The number of carboxylic acid groups (broad SMARTS) is 1. The number of ether oxygens (including phenoxy) is 2. The summed E-state index contributed by atoms with van der Waals surface area (Å²) in [6, 6.07) is 13.8. The SMILES string of the molecule is CC(C)(C)OC(=O)C1CCC(c2ccccc2)N1C(=O)CNC(=O)Nc1cccc(OCC(=O)[O-])c1. The van der Waals surface area contributed by atoms with Crippen LogP contribution in [0.25, 0.3) is 0 Å². The summed E-state index contributed by atoms with van der Waals surface area (Å²) < 4.78 is 10.6. The topological polar surface area (TPSA) is 137 Å². The fourth-order valence-electron chi connectivity index (χ4n) is 3.99. The van der Waals surface area contributed by atoms with Crippen molar-refractivity contribution in [1.29, 1.82) is 0 Å². The van der Waals surface area contributed by atoms with E-state index in [-0.39, 0.29) is 18.3 Å². The number of rotatable bonds is 8. The smallest absolute Gasteiger partial charge is 0.329 e. The number of amides is 3. The van der Waals surface area contributed by atoms with Crippen molar-refractivity contribution in [3.05, 3.63) is 60.2 Å². The highest BCUT2D eigenvalue weighted by Crippen LogP contribution is 2.37. The Kier molecular flexibility index (Phi) is 8.52. The lowest BCUT2D eigenvalue weighted by atomic mass is 10.0. The third-order valence-corrected chi connectivity index (χ3v) is 5.39. The Labute approximate surface area is 209 Å². The van der Waals surface area contributed by atoms with Gasteiger partial charge in [-0.1, -0.05) is 36.4 Å². The first-order valence-corrected chi connectivity index (χ1v) is 11.6. The van der Waals surface area contributed by atoms with Crippen molar-refractivity contribution >= 4 is 29.6 Å². The van der Waals surface area contributed by atoms with Gasteiger partial charge in [0.1, 0.15) is 24.0 Å². The van der Waals surface area contributed by atoms with Crippen LogP contribution in [0.5, 0.6) is 5.75 Å². The van der Waals surface area contributed by atoms with Crippen LogP contribution in [-0.2, 0) is 19.1 Å². The molecule has 192 valence electrons. The maximum absolute atomic E-state index is 13.3. The van der Waals surface area contributed by atoms with E-state index in [9.17, 15) is 24.3 Å². The molecule has 10 heteroatoms. The number of hydrogen-bond acceptors (Lipinski definition) is 7. The average Bonchev–Trinajstić information content (AvgIpc) is 3.27. The molecule has 2 unspecified atom stereocenters. The molecule has 0 bridgehead atoms. The third-order valence-electron chi connectivity index (χ3n) is 5.39. The number of benzene rings is 2. The van der Waals surface area contributed by atoms with Crippen LogP contribution >= 0.6 is 0 Å². The summed E-state index contributed by atoms with van der Waals surface area (Å²) in [6.07, 6.45) is 1.04. The first-order valence-electron chi connectivity index (χ1n) is 11.6. The summed E-state index contributed by atoms with van der Waals surface area (Å²) in [5.41, 5.74) is 0.536. The summed E-state index contributed by atoms with van der Waals surface area (Å²) in [5, 5.41) is 15.6. The third kappa shape index (κ3) is 7.46. The predicted molar refractivity (Wildman–Crippen MR) is 129 cm³/mol. The average molecular weight is 497 g/mol. The number of likely N-dealkylation sites (tertiary alicyclic amines) is 1. The zero-order valence-corrected chi connectivity index (χ0v) is 20.5. The van der Waals surface area contributed by atoms with Crippen LogP contribution in [0.1, 0.15) is 45.2 Å². The van der Waals surface area contributed by atoms with Gasteiger partial charge in [0, 0.05) is 11.8 Å². The minimum Gasteiger partial charge on any atom is -0.546 e. The molecule has 10 nitrogen and oxygen atoms in total. The molecule has 0 saturated carbocycles. The lowest BCUT2D eigenvalue weighted by Gasteiger charge is -2.31. The maximum atomic E-state index is 13.3. The van der Waals surface area contributed by atoms with Gasteiger partial charge in [0.25, 0.3) is 0 Å². The van der Waals surface area contributed by atoms with E-state index in [2.05, 4.69) is 10.6 Å². The Morgan fingerprint density at radius 1 is 1.03 bits per heavy atom. The van der Waals surface area contributed by atoms with Crippen molar-refractivity contribution in [1.82, 2.24) is 10.2 Å². The second-order valence-corrected chi connectivity index (χ2v) is 9.35. The van der Waals surface area contributed by atoms with Crippen LogP contribution in [0.4, 0.5) is 10.5 Å². The van der Waals surface area contributed by atoms with Crippen molar-refractivity contribution in [3.8, 4) is 5.75 Å². The zero-order chi connectivity index (χ0) is 26.3. The van der Waals surface area contributed by atoms with Gasteiger partial charge in [-0.15, -0.1) is 0 Å². The molecule has 1 aliphatic heterocycles. The van der Waals surface area contributed by atoms with E-state index in [0.29, 0.717) is 18.5 Å². The summed E-state index contributed by atoms with van der Waals surface area (Å²) in [5.74, 6) is -2.04. The highest BCUT2D eigenvalue weighted by molar-refractivity contribution is 5.93. The number of nitrogens with one attached hydrogen (secondary N) is 2. The van der Waals surface area contributed by atoms with E-state index in [1.54, 1.807) is 32.9 Å². The van der Waals surface area contributed by atoms with Crippen molar-refractivity contribution in [3.63, 3.8) is 0 Å². The van der Waals surface area contributed by atoms with Gasteiger partial charge in [-0.05, 0) is 51.3 Å². The highest BCUT2D eigenvalue weighted by Gasteiger charge is 2.43. The van der Waals surface area contributed by atoms with Gasteiger partial charge in [-0.3, -0.25) is 4.79 Å². The van der Waals surface area contributed by atoms with E-state index >= 15 is 0 Å². The standard InChI is InChI=1S/C26H31N3O7/c1-26(2,3)36-24(33)21-13-12-20(17-8-5-4-6-9-17)29(21)22(30)15-27-25(34)28-18-10-7-11-19(14-18)35-16-23(31)32/h4-11,14,20-21H,12-13,15-16H2,1-3H3,(H,31,32)(H2,27,28,34)/p-1. The molecule has 2 aromatic carbocycles. The molecule has 1 fully saturated rings. The van der Waals surface area contributed by atoms with Crippen LogP contribution in [0, 0.1) is 0 Å². The summed E-state index contributed by atoms with van der Waals surface area (Å²) in [7, 11) is 0. The van der Waals surface area contributed by atoms with Crippen molar-refractivity contribution in [2.75, 3.05) is 18.5 Å². The molecule has 1 saturated heterocycles. The van der Waals surface area contributed by atoms with E-state index in [1.807, 2.05) is 30.3 Å². The number of carbonyl (C=O) groups is 4. The first kappa shape index (κ1) is 26.5. The molecule has 1 heterocycles. The van der Waals surface area contributed by atoms with Gasteiger partial charge in [0.2, 0.25) is 5.91 Å². The van der Waals surface area contributed by atoms with Crippen LogP contribution in [-0.4, -0.2) is 53.6 Å². The molecule has 3 rings (SSSR count). The largest absolute Gasteiger partial charge is 0.546 e. The number of aliphatic carboxylic acids is 1. The van der Waals surface area contributed by atoms with Gasteiger partial charge in [-0.25, -0.2) is 9.59 Å². The Morgan fingerprint density at radius 3 is 2.42 bits per heavy atom. The van der Waals surface area contributed by atoms with E-state index in [1.165, 1.54) is 17.0 Å². The quantitative estimate of drug-likeness (QED) is 0.533. The summed E-state index contributed by atoms with van der Waals surface area (Å²) in [4.78, 5) is 50.6. The van der Waals surface area contributed by atoms with Gasteiger partial charge in [0.15, 0.2) is 0 Å². The monoisotopic (exact) mass is 496 g/mol. The molecule has 3 amide bonds. The molecule has 2 atom stereocenters. The van der Waals surface area contributed by atoms with Crippen molar-refractivity contribution in [2.24, 2.45) is 0 Å². The Morgan fingerprint density at radius 2 is 1.75 bits per heavy atom. The number of esters is 1. The van der Waals surface area contributed by atoms with E-state index in [0.717, 1.165) is 5.56 Å². The molecule has 0 aromatic heterocycles. The molecule has 1 aliphatic rings. The molecule has 2 aromatic rings. The lowest BCUT2D eigenvalue weighted by Crippen LogP contribution is -2.48. The fourth-order valence-corrected chi connectivity index (χ4v) is 3.99. The van der Waals surface area contributed by atoms with Gasteiger partial charge < -0.3 is 34.9 Å². The molecule has 0 radical (unpaired) electrons. The first-order chi connectivity index (χ1) is 17.0. The van der Waals surface area contributed by atoms with Crippen LogP contribution in [0.15, 0.2) is 54.6 Å². The van der Waals surface area contributed by atoms with Crippen molar-refractivity contribution in [2.45, 2.75) is 51.3 Å². The van der Waals surface area contributed by atoms with Gasteiger partial charge in [0.05, 0.1) is 18.6 Å². The minimum absolute atomic E-state index is 0.232. The molecule has 36 heavy (non-hydrogen) atoms. The minimum atomic E-state index is -1.37. The number of carboxylic acids is 1. The number of urea groups is 1. The fraction of sp³-hybridized carbons (Fsp3) is 0.385. The van der Waals surface area contributed by atoms with Crippen LogP contribution < -0.4 is 20.5 Å². The van der Waals surface area contributed by atoms with Crippen molar-refractivity contribution < 1.29 is 33.8 Å². The number of anilines is 1. The lowest BCUT2D eigenvalue weighted by molar-refractivity contribution is -0.307. The Hall–Kier alpha value is -4.08. The van der Waals surface area contributed by atoms with E-state index in [4.69, 9.17) is 9.47 Å². The summed E-state index contributed by atoms with van der Waals surface area (Å²) in [6.45, 7) is 4.35. The predicted octanol–water partition coefficient (Wildman–Crippen LogP) is 2.01. The Bertz CT molecular complexity index is 1100. The molecule has 0 spiro atoms. The van der Waals surface area contributed by atoms with Gasteiger partial charge in [-0.2, -0.15) is 0 Å². The molecule has 0 aliphatic carbocycles. The number of nitrogens with zero attached hydrogens (tertiary/aromatic N) is 1. The second kappa shape index (κ2) is 11.6. The summed E-state index contributed by atoms with van der Waals surface area (Å²) >= 11 is 0. The second-order valence-electron chi connectivity index (χ2n) is 9.35. The van der Waals surface area contributed by atoms with Crippen LogP contribution in [0.2, 0.25) is 0 Å². The maximum Gasteiger partial charge on any atom is 0.329 e. The molecule has 2 N–H and O–H groups in total. The molecular weight excluding hydrogens is 466 g/mol.